The van der Waals surface area contributed by atoms with Crippen molar-refractivity contribution >= 4 is 0 Å². The van der Waals surface area contributed by atoms with E-state index in [-0.39, 0.29) is 5.54 Å². The Morgan fingerprint density at radius 3 is 2.50 bits per heavy atom. The van der Waals surface area contributed by atoms with Gasteiger partial charge < -0.3 is 5.11 Å². The van der Waals surface area contributed by atoms with Crippen LogP contribution < -0.4 is 0 Å². The van der Waals surface area contributed by atoms with Crippen molar-refractivity contribution in [2.24, 2.45) is 0 Å². The van der Waals surface area contributed by atoms with E-state index in [4.69, 9.17) is 0 Å². The van der Waals surface area contributed by atoms with Crippen molar-refractivity contribution in [2.75, 3.05) is 0 Å². The maximum atomic E-state index is 9.60. The Hall–Kier alpha value is -1.61. The van der Waals surface area contributed by atoms with Crippen molar-refractivity contribution in [2.45, 2.75) is 39.3 Å². The Balaban J connectivity index is 2.37. The molecule has 0 aliphatic carbocycles. The first-order valence-corrected chi connectivity index (χ1v) is 6.22. The molecule has 0 saturated carbocycles. The molecule has 2 aromatic rings. The Kier molecular flexibility index (Phi) is 3.26. The molecule has 1 N–H and O–H groups in total. The molecule has 1 aromatic heterocycles. The van der Waals surface area contributed by atoms with E-state index in [0.29, 0.717) is 0 Å². The quantitative estimate of drug-likeness (QED) is 0.879. The second kappa shape index (κ2) is 4.58. The minimum Gasteiger partial charge on any atom is -0.389 e. The molecule has 0 aliphatic heterocycles. The van der Waals surface area contributed by atoms with Gasteiger partial charge in [0, 0.05) is 11.8 Å². The molecular weight excluding hydrogens is 224 g/mol. The lowest BCUT2D eigenvalue weighted by Gasteiger charge is -2.18. The summed E-state index contributed by atoms with van der Waals surface area (Å²) in [5.41, 5.74) is 2.88. The molecule has 3 heteroatoms. The third-order valence-electron chi connectivity index (χ3n) is 2.94. The average Bonchev–Trinajstić information content (AvgIpc) is 2.78. The molecule has 0 radical (unpaired) electrons. The molecule has 1 unspecified atom stereocenters. The summed E-state index contributed by atoms with van der Waals surface area (Å²) >= 11 is 0. The molecular formula is C15H20N2O. The zero-order valence-corrected chi connectivity index (χ0v) is 11.4. The van der Waals surface area contributed by atoms with Crippen molar-refractivity contribution in [1.82, 2.24) is 9.78 Å². The summed E-state index contributed by atoms with van der Waals surface area (Å²) in [5.74, 6) is 0. The van der Waals surface area contributed by atoms with Crippen molar-refractivity contribution in [3.63, 3.8) is 0 Å². The van der Waals surface area contributed by atoms with E-state index in [0.717, 1.165) is 16.8 Å². The van der Waals surface area contributed by atoms with Crippen LogP contribution >= 0.6 is 0 Å². The number of nitrogens with zero attached hydrogens (tertiary/aromatic N) is 2. The number of aliphatic hydroxyl groups excluding tert-OH is 1. The highest BCUT2D eigenvalue weighted by atomic mass is 16.3. The SMILES string of the molecule is CC(O)c1cccc(-c2ccn(C(C)(C)C)n2)c1. The molecule has 3 nitrogen and oxygen atoms in total. The van der Waals surface area contributed by atoms with Crippen molar-refractivity contribution in [3.8, 4) is 11.3 Å². The van der Waals surface area contributed by atoms with Gasteiger partial charge in [0.25, 0.3) is 0 Å². The van der Waals surface area contributed by atoms with Gasteiger partial charge in [-0.3, -0.25) is 4.68 Å². The second-order valence-corrected chi connectivity index (χ2v) is 5.62. The third kappa shape index (κ3) is 2.62. The Morgan fingerprint density at radius 1 is 1.22 bits per heavy atom. The molecule has 2 rings (SSSR count). The number of hydrogen-bond donors (Lipinski definition) is 1. The van der Waals surface area contributed by atoms with E-state index in [1.807, 2.05) is 41.2 Å². The maximum absolute atomic E-state index is 9.60. The predicted octanol–water partition coefficient (Wildman–Crippen LogP) is 3.36. The number of rotatable bonds is 2. The van der Waals surface area contributed by atoms with E-state index in [9.17, 15) is 5.11 Å². The summed E-state index contributed by atoms with van der Waals surface area (Å²) in [6, 6.07) is 9.88. The van der Waals surface area contributed by atoms with Crippen LogP contribution in [0, 0.1) is 0 Å². The van der Waals surface area contributed by atoms with Crippen LogP contribution in [-0.2, 0) is 5.54 Å². The lowest BCUT2D eigenvalue weighted by molar-refractivity contribution is 0.199. The van der Waals surface area contributed by atoms with Crippen LogP contribution in [0.5, 0.6) is 0 Å². The van der Waals surface area contributed by atoms with Gasteiger partial charge in [-0.2, -0.15) is 5.10 Å². The van der Waals surface area contributed by atoms with Crippen molar-refractivity contribution in [3.05, 3.63) is 42.1 Å². The molecule has 1 heterocycles. The zero-order chi connectivity index (χ0) is 13.3. The van der Waals surface area contributed by atoms with Crippen LogP contribution in [0.2, 0.25) is 0 Å². The van der Waals surface area contributed by atoms with E-state index in [1.54, 1.807) is 6.92 Å². The van der Waals surface area contributed by atoms with Gasteiger partial charge in [-0.05, 0) is 45.4 Å². The summed E-state index contributed by atoms with van der Waals surface area (Å²) in [5, 5.41) is 14.2. The molecule has 0 aliphatic rings. The first-order chi connectivity index (χ1) is 8.38. The predicted molar refractivity (Wildman–Crippen MR) is 73.3 cm³/mol. The maximum Gasteiger partial charge on any atom is 0.0923 e. The first kappa shape index (κ1) is 12.8. The Bertz CT molecular complexity index is 535. The third-order valence-corrected chi connectivity index (χ3v) is 2.94. The molecule has 0 amide bonds. The van der Waals surface area contributed by atoms with Crippen LogP contribution in [0.15, 0.2) is 36.5 Å². The average molecular weight is 244 g/mol. The highest BCUT2D eigenvalue weighted by Gasteiger charge is 2.14. The summed E-state index contributed by atoms with van der Waals surface area (Å²) in [6.07, 6.45) is 1.54. The molecule has 0 fully saturated rings. The summed E-state index contributed by atoms with van der Waals surface area (Å²) in [7, 11) is 0. The van der Waals surface area contributed by atoms with E-state index < -0.39 is 6.10 Å². The largest absolute Gasteiger partial charge is 0.389 e. The highest BCUT2D eigenvalue weighted by molar-refractivity contribution is 5.59. The number of aromatic nitrogens is 2. The van der Waals surface area contributed by atoms with Crippen LogP contribution in [0.25, 0.3) is 11.3 Å². The van der Waals surface area contributed by atoms with Gasteiger partial charge in [-0.25, -0.2) is 0 Å². The summed E-state index contributed by atoms with van der Waals surface area (Å²) in [4.78, 5) is 0. The molecule has 0 bridgehead atoms. The van der Waals surface area contributed by atoms with E-state index >= 15 is 0 Å². The van der Waals surface area contributed by atoms with Gasteiger partial charge in [0.15, 0.2) is 0 Å². The molecule has 1 atom stereocenters. The number of benzene rings is 1. The number of aliphatic hydroxyl groups is 1. The van der Waals surface area contributed by atoms with Gasteiger partial charge in [-0.1, -0.05) is 18.2 Å². The minimum absolute atomic E-state index is 0.0138. The minimum atomic E-state index is -0.449. The normalized spacial score (nSPS) is 13.6. The van der Waals surface area contributed by atoms with Crippen molar-refractivity contribution in [1.29, 1.82) is 0 Å². The second-order valence-electron chi connectivity index (χ2n) is 5.62. The van der Waals surface area contributed by atoms with Crippen LogP contribution in [0.3, 0.4) is 0 Å². The zero-order valence-electron chi connectivity index (χ0n) is 11.4. The van der Waals surface area contributed by atoms with E-state index in [2.05, 4.69) is 25.9 Å². The fraction of sp³-hybridized carbons (Fsp3) is 0.400. The van der Waals surface area contributed by atoms with Gasteiger partial charge in [0.1, 0.15) is 0 Å². The van der Waals surface area contributed by atoms with Crippen molar-refractivity contribution < 1.29 is 5.11 Å². The van der Waals surface area contributed by atoms with Crippen LogP contribution in [0.1, 0.15) is 39.4 Å². The monoisotopic (exact) mass is 244 g/mol. The fourth-order valence-corrected chi connectivity index (χ4v) is 1.81. The standard InChI is InChI=1S/C15H20N2O/c1-11(18)12-6-5-7-13(10-12)14-8-9-17(16-14)15(2,3)4/h5-11,18H,1-4H3. The van der Waals surface area contributed by atoms with Crippen LogP contribution in [0.4, 0.5) is 0 Å². The van der Waals surface area contributed by atoms with Gasteiger partial charge in [0.05, 0.1) is 17.3 Å². The molecule has 18 heavy (non-hydrogen) atoms. The molecule has 0 saturated heterocycles. The molecule has 0 spiro atoms. The fourth-order valence-electron chi connectivity index (χ4n) is 1.81. The topological polar surface area (TPSA) is 38.0 Å². The van der Waals surface area contributed by atoms with Crippen LogP contribution in [-0.4, -0.2) is 14.9 Å². The summed E-state index contributed by atoms with van der Waals surface area (Å²) < 4.78 is 1.96. The molecule has 1 aromatic carbocycles. The smallest absolute Gasteiger partial charge is 0.0923 e. The molecule has 96 valence electrons. The first-order valence-electron chi connectivity index (χ1n) is 6.22. The lowest BCUT2D eigenvalue weighted by atomic mass is 10.1. The lowest BCUT2D eigenvalue weighted by Crippen LogP contribution is -2.22. The highest BCUT2D eigenvalue weighted by Crippen LogP contribution is 2.23. The van der Waals surface area contributed by atoms with Gasteiger partial charge >= 0.3 is 0 Å². The number of hydrogen-bond acceptors (Lipinski definition) is 2. The Labute approximate surface area is 108 Å². The van der Waals surface area contributed by atoms with Gasteiger partial charge in [0.2, 0.25) is 0 Å². The van der Waals surface area contributed by atoms with E-state index in [1.165, 1.54) is 0 Å². The summed E-state index contributed by atoms with van der Waals surface area (Å²) in [6.45, 7) is 8.13. The van der Waals surface area contributed by atoms with Gasteiger partial charge in [-0.15, -0.1) is 0 Å². The Morgan fingerprint density at radius 2 is 1.94 bits per heavy atom.